The van der Waals surface area contributed by atoms with Crippen molar-refractivity contribution < 1.29 is 19.1 Å². The number of thiophene rings is 1. The monoisotopic (exact) mass is 250 g/mol. The SMILES string of the molecule is COC(=O)c1cc(C(=O)OC)c2ccsc2c1. The number of carbonyl (C=O) groups excluding carboxylic acids is 2. The average Bonchev–Trinajstić information content (AvgIpc) is 2.83. The Morgan fingerprint density at radius 3 is 2.47 bits per heavy atom. The van der Waals surface area contributed by atoms with Crippen molar-refractivity contribution in [1.82, 2.24) is 0 Å². The molecule has 0 fully saturated rings. The van der Waals surface area contributed by atoms with Gasteiger partial charge in [-0.3, -0.25) is 0 Å². The summed E-state index contributed by atoms with van der Waals surface area (Å²) < 4.78 is 10.2. The lowest BCUT2D eigenvalue weighted by Crippen LogP contribution is -2.06. The van der Waals surface area contributed by atoms with Crippen LogP contribution in [-0.2, 0) is 9.47 Å². The Balaban J connectivity index is 2.66. The van der Waals surface area contributed by atoms with Crippen LogP contribution in [-0.4, -0.2) is 26.2 Å². The Hall–Kier alpha value is -1.88. The van der Waals surface area contributed by atoms with Crippen molar-refractivity contribution in [2.75, 3.05) is 14.2 Å². The molecule has 0 spiro atoms. The summed E-state index contributed by atoms with van der Waals surface area (Å²) in [6.45, 7) is 0. The minimum Gasteiger partial charge on any atom is -0.465 e. The summed E-state index contributed by atoms with van der Waals surface area (Å²) in [6, 6.07) is 5.03. The van der Waals surface area contributed by atoms with Crippen molar-refractivity contribution in [2.24, 2.45) is 0 Å². The predicted octanol–water partition coefficient (Wildman–Crippen LogP) is 2.47. The van der Waals surface area contributed by atoms with E-state index < -0.39 is 11.9 Å². The highest BCUT2D eigenvalue weighted by Crippen LogP contribution is 2.27. The largest absolute Gasteiger partial charge is 0.465 e. The zero-order chi connectivity index (χ0) is 12.4. The van der Waals surface area contributed by atoms with Gasteiger partial charge >= 0.3 is 11.9 Å². The number of carbonyl (C=O) groups is 2. The van der Waals surface area contributed by atoms with Gasteiger partial charge in [-0.1, -0.05) is 0 Å². The number of esters is 2. The normalized spacial score (nSPS) is 10.2. The Bertz CT molecular complexity index is 585. The van der Waals surface area contributed by atoms with E-state index in [0.29, 0.717) is 11.1 Å². The molecule has 0 bridgehead atoms. The van der Waals surface area contributed by atoms with Crippen molar-refractivity contribution in [3.63, 3.8) is 0 Å². The summed E-state index contributed by atoms with van der Waals surface area (Å²) in [5, 5.41) is 2.65. The Kier molecular flexibility index (Phi) is 3.10. The summed E-state index contributed by atoms with van der Waals surface area (Å²) in [5.41, 5.74) is 0.731. The molecule has 2 aromatic rings. The molecule has 0 aliphatic carbocycles. The molecule has 0 aliphatic heterocycles. The van der Waals surface area contributed by atoms with E-state index in [1.807, 2.05) is 11.4 Å². The van der Waals surface area contributed by atoms with Crippen LogP contribution < -0.4 is 0 Å². The fourth-order valence-corrected chi connectivity index (χ4v) is 2.44. The van der Waals surface area contributed by atoms with Crippen LogP contribution in [0.4, 0.5) is 0 Å². The van der Waals surface area contributed by atoms with Gasteiger partial charge in [-0.15, -0.1) is 11.3 Å². The molecule has 0 unspecified atom stereocenters. The van der Waals surface area contributed by atoms with Gasteiger partial charge in [0.15, 0.2) is 0 Å². The quantitative estimate of drug-likeness (QED) is 0.768. The second-order valence-electron chi connectivity index (χ2n) is 3.34. The third-order valence-electron chi connectivity index (χ3n) is 2.40. The number of methoxy groups -OCH3 is 2. The number of hydrogen-bond donors (Lipinski definition) is 0. The molecule has 1 aromatic heterocycles. The zero-order valence-corrected chi connectivity index (χ0v) is 10.2. The minimum atomic E-state index is -0.467. The molecule has 88 valence electrons. The number of benzene rings is 1. The van der Waals surface area contributed by atoms with Crippen LogP contribution in [0.3, 0.4) is 0 Å². The third kappa shape index (κ3) is 2.01. The Morgan fingerprint density at radius 2 is 1.82 bits per heavy atom. The predicted molar refractivity (Wildman–Crippen MR) is 64.5 cm³/mol. The zero-order valence-electron chi connectivity index (χ0n) is 9.35. The summed E-state index contributed by atoms with van der Waals surface area (Å²) >= 11 is 1.46. The van der Waals surface area contributed by atoms with Crippen LogP contribution in [0.15, 0.2) is 23.6 Å². The first-order valence-corrected chi connectivity index (χ1v) is 5.73. The van der Waals surface area contributed by atoms with Crippen molar-refractivity contribution >= 4 is 33.4 Å². The first-order valence-electron chi connectivity index (χ1n) is 4.85. The second-order valence-corrected chi connectivity index (χ2v) is 4.29. The van der Waals surface area contributed by atoms with E-state index in [2.05, 4.69) is 4.74 Å². The van der Waals surface area contributed by atoms with Crippen LogP contribution in [0.1, 0.15) is 20.7 Å². The maximum atomic E-state index is 11.6. The second kappa shape index (κ2) is 4.55. The van der Waals surface area contributed by atoms with E-state index in [9.17, 15) is 9.59 Å². The van der Waals surface area contributed by atoms with E-state index in [4.69, 9.17) is 4.74 Å². The fourth-order valence-electron chi connectivity index (χ4n) is 1.59. The number of ether oxygens (including phenoxy) is 2. The lowest BCUT2D eigenvalue weighted by atomic mass is 10.1. The van der Waals surface area contributed by atoms with Crippen LogP contribution in [0.2, 0.25) is 0 Å². The standard InChI is InChI=1S/C12H10O4S/c1-15-11(13)7-5-9(12(14)16-2)8-3-4-17-10(8)6-7/h3-6H,1-2H3. The lowest BCUT2D eigenvalue weighted by molar-refractivity contribution is 0.0600. The highest BCUT2D eigenvalue weighted by Gasteiger charge is 2.16. The first kappa shape index (κ1) is 11.6. The topological polar surface area (TPSA) is 52.6 Å². The number of rotatable bonds is 2. The van der Waals surface area contributed by atoms with E-state index in [1.165, 1.54) is 31.6 Å². The van der Waals surface area contributed by atoms with Gasteiger partial charge < -0.3 is 9.47 Å². The highest BCUT2D eigenvalue weighted by atomic mass is 32.1. The number of fused-ring (bicyclic) bond motifs is 1. The van der Waals surface area contributed by atoms with Gasteiger partial charge in [-0.2, -0.15) is 0 Å². The van der Waals surface area contributed by atoms with Crippen molar-refractivity contribution in [3.8, 4) is 0 Å². The van der Waals surface area contributed by atoms with Crippen molar-refractivity contribution in [2.45, 2.75) is 0 Å². The molecule has 4 nitrogen and oxygen atoms in total. The van der Waals surface area contributed by atoms with E-state index in [-0.39, 0.29) is 0 Å². The third-order valence-corrected chi connectivity index (χ3v) is 3.26. The van der Waals surface area contributed by atoms with Gasteiger partial charge in [-0.25, -0.2) is 9.59 Å². The van der Waals surface area contributed by atoms with E-state index in [1.54, 1.807) is 6.07 Å². The molecule has 0 saturated carbocycles. The Morgan fingerprint density at radius 1 is 1.12 bits per heavy atom. The summed E-state index contributed by atoms with van der Waals surface area (Å²) in [5.74, 6) is -0.926. The molecule has 0 atom stereocenters. The van der Waals surface area contributed by atoms with Crippen molar-refractivity contribution in [3.05, 3.63) is 34.7 Å². The lowest BCUT2D eigenvalue weighted by Gasteiger charge is -2.04. The molecule has 0 radical (unpaired) electrons. The average molecular weight is 250 g/mol. The van der Waals surface area contributed by atoms with Crippen LogP contribution >= 0.6 is 11.3 Å². The maximum absolute atomic E-state index is 11.6. The van der Waals surface area contributed by atoms with Gasteiger partial charge in [0.25, 0.3) is 0 Å². The number of hydrogen-bond acceptors (Lipinski definition) is 5. The van der Waals surface area contributed by atoms with Crippen molar-refractivity contribution in [1.29, 1.82) is 0 Å². The molecular formula is C12H10O4S. The van der Waals surface area contributed by atoms with Gasteiger partial charge in [0.05, 0.1) is 25.3 Å². The summed E-state index contributed by atoms with van der Waals surface area (Å²) in [4.78, 5) is 23.1. The molecule has 1 aromatic carbocycles. The molecule has 0 amide bonds. The molecule has 17 heavy (non-hydrogen) atoms. The smallest absolute Gasteiger partial charge is 0.338 e. The first-order chi connectivity index (χ1) is 8.17. The maximum Gasteiger partial charge on any atom is 0.338 e. The van der Waals surface area contributed by atoms with Gasteiger partial charge in [0.1, 0.15) is 0 Å². The molecular weight excluding hydrogens is 240 g/mol. The summed E-state index contributed by atoms with van der Waals surface area (Å²) in [7, 11) is 2.62. The van der Waals surface area contributed by atoms with Crippen LogP contribution in [0.25, 0.3) is 10.1 Å². The molecule has 5 heteroatoms. The van der Waals surface area contributed by atoms with Gasteiger partial charge in [0.2, 0.25) is 0 Å². The minimum absolute atomic E-state index is 0.350. The molecule has 0 aliphatic rings. The van der Waals surface area contributed by atoms with Crippen LogP contribution in [0, 0.1) is 0 Å². The molecule has 0 N–H and O–H groups in total. The Labute approximate surface area is 102 Å². The summed E-state index contributed by atoms with van der Waals surface area (Å²) in [6.07, 6.45) is 0. The van der Waals surface area contributed by atoms with Crippen LogP contribution in [0.5, 0.6) is 0 Å². The molecule has 1 heterocycles. The van der Waals surface area contributed by atoms with E-state index in [0.717, 1.165) is 10.1 Å². The highest BCUT2D eigenvalue weighted by molar-refractivity contribution is 7.17. The molecule has 2 rings (SSSR count). The molecule has 0 saturated heterocycles. The van der Waals surface area contributed by atoms with Gasteiger partial charge in [0, 0.05) is 10.1 Å². The van der Waals surface area contributed by atoms with Gasteiger partial charge in [-0.05, 0) is 23.6 Å². The van der Waals surface area contributed by atoms with E-state index >= 15 is 0 Å². The fraction of sp³-hybridized carbons (Fsp3) is 0.167.